The Morgan fingerprint density at radius 1 is 1.06 bits per heavy atom. The fraction of sp³-hybridized carbons (Fsp3) is 1.00. The molecule has 6 atom stereocenters. The minimum absolute atomic E-state index is 0.350. The molecule has 0 aromatic heterocycles. The SMILES string of the molecule is CC1CCC2C(C1)SC1(O)CC(C)CCC21. The van der Waals surface area contributed by atoms with E-state index >= 15 is 0 Å². The number of fused-ring (bicyclic) bond motifs is 3. The van der Waals surface area contributed by atoms with E-state index in [-0.39, 0.29) is 4.93 Å². The molecule has 1 N–H and O–H groups in total. The molecule has 3 fully saturated rings. The Morgan fingerprint density at radius 3 is 2.62 bits per heavy atom. The smallest absolute Gasteiger partial charge is 0.114 e. The zero-order valence-electron chi connectivity index (χ0n) is 10.5. The molecule has 6 unspecified atom stereocenters. The number of rotatable bonds is 0. The highest BCUT2D eigenvalue weighted by atomic mass is 32.2. The number of thioether (sulfide) groups is 1. The molecule has 0 spiro atoms. The maximum absolute atomic E-state index is 10.9. The van der Waals surface area contributed by atoms with E-state index in [2.05, 4.69) is 13.8 Å². The Hall–Kier alpha value is 0.310. The Balaban J connectivity index is 1.81. The van der Waals surface area contributed by atoms with Gasteiger partial charge in [0.2, 0.25) is 0 Å². The Bertz CT molecular complexity index is 280. The van der Waals surface area contributed by atoms with E-state index in [1.165, 1.54) is 32.1 Å². The molecule has 2 aliphatic carbocycles. The first-order valence-corrected chi connectivity index (χ1v) is 7.86. The average molecular weight is 240 g/mol. The number of hydrogen-bond acceptors (Lipinski definition) is 2. The first-order chi connectivity index (χ1) is 7.58. The fourth-order valence-electron chi connectivity index (χ4n) is 4.34. The molecule has 2 heteroatoms. The van der Waals surface area contributed by atoms with Gasteiger partial charge in [-0.15, -0.1) is 11.8 Å². The predicted octanol–water partition coefficient (Wildman–Crippen LogP) is 3.66. The Labute approximate surface area is 103 Å². The molecule has 3 rings (SSSR count). The van der Waals surface area contributed by atoms with Crippen molar-refractivity contribution in [2.45, 2.75) is 62.6 Å². The molecule has 0 amide bonds. The minimum atomic E-state index is -0.350. The molecule has 0 aromatic rings. The molecular formula is C14H24OS. The molecule has 3 aliphatic rings. The van der Waals surface area contributed by atoms with Gasteiger partial charge in [-0.05, 0) is 43.4 Å². The third kappa shape index (κ3) is 1.73. The van der Waals surface area contributed by atoms with Crippen molar-refractivity contribution >= 4 is 11.8 Å². The standard InChI is InChI=1S/C14H24OS/c1-9-3-5-11-12-6-4-10(2)8-14(12,15)16-13(11)7-9/h9-13,15H,3-8H2,1-2H3. The van der Waals surface area contributed by atoms with Crippen molar-refractivity contribution in [1.29, 1.82) is 0 Å². The largest absolute Gasteiger partial charge is 0.379 e. The summed E-state index contributed by atoms with van der Waals surface area (Å²) < 4.78 is 0. The lowest BCUT2D eigenvalue weighted by Crippen LogP contribution is -2.39. The van der Waals surface area contributed by atoms with Gasteiger partial charge in [-0.25, -0.2) is 0 Å². The summed E-state index contributed by atoms with van der Waals surface area (Å²) in [4.78, 5) is -0.350. The van der Waals surface area contributed by atoms with Crippen LogP contribution in [-0.2, 0) is 0 Å². The lowest BCUT2D eigenvalue weighted by Gasteiger charge is -2.39. The van der Waals surface area contributed by atoms with E-state index in [1.54, 1.807) is 0 Å². The van der Waals surface area contributed by atoms with Crippen molar-refractivity contribution in [1.82, 2.24) is 0 Å². The van der Waals surface area contributed by atoms with Crippen LogP contribution in [0.1, 0.15) is 52.4 Å². The second-order valence-electron chi connectivity index (χ2n) is 6.58. The average Bonchev–Trinajstić information content (AvgIpc) is 2.47. The molecule has 0 aromatic carbocycles. The molecule has 2 saturated carbocycles. The van der Waals surface area contributed by atoms with E-state index in [1.807, 2.05) is 11.8 Å². The molecule has 16 heavy (non-hydrogen) atoms. The summed E-state index contributed by atoms with van der Waals surface area (Å²) >= 11 is 1.94. The van der Waals surface area contributed by atoms with Gasteiger partial charge in [0, 0.05) is 11.2 Å². The topological polar surface area (TPSA) is 20.2 Å². The predicted molar refractivity (Wildman–Crippen MR) is 69.3 cm³/mol. The van der Waals surface area contributed by atoms with E-state index in [9.17, 15) is 5.11 Å². The van der Waals surface area contributed by atoms with Crippen molar-refractivity contribution in [3.8, 4) is 0 Å². The van der Waals surface area contributed by atoms with Crippen LogP contribution in [0.4, 0.5) is 0 Å². The van der Waals surface area contributed by atoms with Crippen LogP contribution >= 0.6 is 11.8 Å². The normalized spacial score (nSPS) is 56.8. The van der Waals surface area contributed by atoms with Gasteiger partial charge in [-0.1, -0.05) is 26.7 Å². The first-order valence-electron chi connectivity index (χ1n) is 6.98. The summed E-state index contributed by atoms with van der Waals surface area (Å²) in [6, 6.07) is 0. The third-order valence-electron chi connectivity index (χ3n) is 5.17. The summed E-state index contributed by atoms with van der Waals surface area (Å²) in [6.07, 6.45) is 7.78. The minimum Gasteiger partial charge on any atom is -0.379 e. The Morgan fingerprint density at radius 2 is 1.81 bits per heavy atom. The van der Waals surface area contributed by atoms with Gasteiger partial charge >= 0.3 is 0 Å². The van der Waals surface area contributed by atoms with Gasteiger partial charge in [0.1, 0.15) is 4.93 Å². The Kier molecular flexibility index (Phi) is 2.79. The molecule has 1 heterocycles. The zero-order chi connectivity index (χ0) is 11.3. The maximum Gasteiger partial charge on any atom is 0.114 e. The summed E-state index contributed by atoms with van der Waals surface area (Å²) in [5.74, 6) is 3.06. The molecular weight excluding hydrogens is 216 g/mol. The van der Waals surface area contributed by atoms with Gasteiger partial charge in [-0.3, -0.25) is 0 Å². The van der Waals surface area contributed by atoms with Gasteiger partial charge < -0.3 is 5.11 Å². The van der Waals surface area contributed by atoms with Crippen LogP contribution in [0.15, 0.2) is 0 Å². The van der Waals surface area contributed by atoms with Crippen LogP contribution in [0.3, 0.4) is 0 Å². The van der Waals surface area contributed by atoms with E-state index in [0.717, 1.165) is 29.4 Å². The highest BCUT2D eigenvalue weighted by Gasteiger charge is 2.55. The summed E-state index contributed by atoms with van der Waals surface area (Å²) in [7, 11) is 0. The van der Waals surface area contributed by atoms with Crippen LogP contribution in [0.2, 0.25) is 0 Å². The van der Waals surface area contributed by atoms with Crippen LogP contribution in [0.25, 0.3) is 0 Å². The lowest BCUT2D eigenvalue weighted by molar-refractivity contribution is -0.00383. The van der Waals surface area contributed by atoms with Gasteiger partial charge in [-0.2, -0.15) is 0 Å². The molecule has 1 nitrogen and oxygen atoms in total. The summed E-state index contributed by atoms with van der Waals surface area (Å²) in [5, 5.41) is 11.6. The summed E-state index contributed by atoms with van der Waals surface area (Å²) in [5.41, 5.74) is 0. The fourth-order valence-corrected chi connectivity index (χ4v) is 6.63. The molecule has 1 aliphatic heterocycles. The second-order valence-corrected chi connectivity index (χ2v) is 8.12. The lowest BCUT2D eigenvalue weighted by atomic mass is 9.68. The monoisotopic (exact) mass is 240 g/mol. The second kappa shape index (κ2) is 3.91. The molecule has 92 valence electrons. The van der Waals surface area contributed by atoms with E-state index in [4.69, 9.17) is 0 Å². The van der Waals surface area contributed by atoms with Crippen LogP contribution in [0.5, 0.6) is 0 Å². The van der Waals surface area contributed by atoms with Gasteiger partial charge in [0.05, 0.1) is 0 Å². The molecule has 0 radical (unpaired) electrons. The first kappa shape index (κ1) is 11.4. The van der Waals surface area contributed by atoms with E-state index < -0.39 is 0 Å². The van der Waals surface area contributed by atoms with Crippen molar-refractivity contribution in [2.75, 3.05) is 0 Å². The van der Waals surface area contributed by atoms with Gasteiger partial charge in [0.15, 0.2) is 0 Å². The van der Waals surface area contributed by atoms with Crippen LogP contribution in [0, 0.1) is 23.7 Å². The van der Waals surface area contributed by atoms with E-state index in [0.29, 0.717) is 5.92 Å². The number of aliphatic hydroxyl groups is 1. The maximum atomic E-state index is 10.9. The zero-order valence-corrected chi connectivity index (χ0v) is 11.3. The van der Waals surface area contributed by atoms with Crippen LogP contribution < -0.4 is 0 Å². The quantitative estimate of drug-likeness (QED) is 0.697. The molecule has 1 saturated heterocycles. The van der Waals surface area contributed by atoms with Crippen molar-refractivity contribution in [2.24, 2.45) is 23.7 Å². The number of hydrogen-bond donors (Lipinski definition) is 1. The summed E-state index contributed by atoms with van der Waals surface area (Å²) in [6.45, 7) is 4.69. The van der Waals surface area contributed by atoms with Crippen molar-refractivity contribution in [3.63, 3.8) is 0 Å². The van der Waals surface area contributed by atoms with Crippen molar-refractivity contribution in [3.05, 3.63) is 0 Å². The van der Waals surface area contributed by atoms with Gasteiger partial charge in [0.25, 0.3) is 0 Å². The van der Waals surface area contributed by atoms with Crippen LogP contribution in [-0.4, -0.2) is 15.3 Å². The molecule has 0 bridgehead atoms. The highest BCUT2D eigenvalue weighted by Crippen LogP contribution is 2.61. The highest BCUT2D eigenvalue weighted by molar-refractivity contribution is 8.01. The third-order valence-corrected chi connectivity index (χ3v) is 6.89. The van der Waals surface area contributed by atoms with Crippen molar-refractivity contribution < 1.29 is 5.11 Å².